The second kappa shape index (κ2) is 4.11. The topological polar surface area (TPSA) is 27.1 Å². The molecular weight excluding hydrogens is 212 g/mol. The molecule has 15 heavy (non-hydrogen) atoms. The van der Waals surface area contributed by atoms with Crippen LogP contribution in [0.2, 0.25) is 5.15 Å². The third-order valence-electron chi connectivity index (χ3n) is 2.29. The SMILES string of the molecule is CCOc1cccc2c(Cl)nn(CC)c12. The lowest BCUT2D eigenvalue weighted by molar-refractivity contribution is 0.342. The highest BCUT2D eigenvalue weighted by Gasteiger charge is 2.11. The van der Waals surface area contributed by atoms with E-state index in [1.807, 2.05) is 36.7 Å². The van der Waals surface area contributed by atoms with Crippen molar-refractivity contribution in [1.82, 2.24) is 9.78 Å². The summed E-state index contributed by atoms with van der Waals surface area (Å²) < 4.78 is 7.42. The highest BCUT2D eigenvalue weighted by Crippen LogP contribution is 2.30. The smallest absolute Gasteiger partial charge is 0.159 e. The molecule has 1 aromatic carbocycles. The van der Waals surface area contributed by atoms with Gasteiger partial charge in [-0.2, -0.15) is 5.10 Å². The molecular formula is C11H13ClN2O. The van der Waals surface area contributed by atoms with Crippen molar-refractivity contribution < 1.29 is 4.74 Å². The van der Waals surface area contributed by atoms with Crippen molar-refractivity contribution >= 4 is 22.5 Å². The molecule has 80 valence electrons. The minimum absolute atomic E-state index is 0.536. The van der Waals surface area contributed by atoms with E-state index in [0.717, 1.165) is 23.2 Å². The molecule has 1 heterocycles. The van der Waals surface area contributed by atoms with Crippen molar-refractivity contribution in [3.05, 3.63) is 23.4 Å². The fourth-order valence-corrected chi connectivity index (χ4v) is 1.91. The summed E-state index contributed by atoms with van der Waals surface area (Å²) in [7, 11) is 0. The van der Waals surface area contributed by atoms with E-state index in [1.54, 1.807) is 0 Å². The van der Waals surface area contributed by atoms with Crippen molar-refractivity contribution in [2.24, 2.45) is 0 Å². The number of aryl methyl sites for hydroxylation is 1. The second-order valence-corrected chi connectivity index (χ2v) is 3.55. The first-order valence-electron chi connectivity index (χ1n) is 5.05. The quantitative estimate of drug-likeness (QED) is 0.801. The second-order valence-electron chi connectivity index (χ2n) is 3.19. The Hall–Kier alpha value is -1.22. The first-order valence-corrected chi connectivity index (χ1v) is 5.43. The number of para-hydroxylation sites is 1. The van der Waals surface area contributed by atoms with E-state index in [-0.39, 0.29) is 0 Å². The molecule has 0 aliphatic rings. The van der Waals surface area contributed by atoms with Crippen molar-refractivity contribution in [3.63, 3.8) is 0 Å². The molecule has 0 N–H and O–H groups in total. The van der Waals surface area contributed by atoms with Gasteiger partial charge >= 0.3 is 0 Å². The minimum Gasteiger partial charge on any atom is -0.492 e. The largest absolute Gasteiger partial charge is 0.492 e. The van der Waals surface area contributed by atoms with Crippen LogP contribution < -0.4 is 4.74 Å². The molecule has 0 fully saturated rings. The average molecular weight is 225 g/mol. The summed E-state index contributed by atoms with van der Waals surface area (Å²) in [6, 6.07) is 5.83. The lowest BCUT2D eigenvalue weighted by Gasteiger charge is -2.06. The monoisotopic (exact) mass is 224 g/mol. The van der Waals surface area contributed by atoms with Crippen molar-refractivity contribution in [1.29, 1.82) is 0 Å². The van der Waals surface area contributed by atoms with Gasteiger partial charge in [0, 0.05) is 11.9 Å². The van der Waals surface area contributed by atoms with Gasteiger partial charge in [0.15, 0.2) is 5.15 Å². The van der Waals surface area contributed by atoms with Gasteiger partial charge in [-0.3, -0.25) is 4.68 Å². The summed E-state index contributed by atoms with van der Waals surface area (Å²) >= 11 is 6.04. The number of hydrogen-bond donors (Lipinski definition) is 0. The molecule has 0 atom stereocenters. The molecule has 0 saturated carbocycles. The lowest BCUT2D eigenvalue weighted by atomic mass is 10.2. The van der Waals surface area contributed by atoms with E-state index in [2.05, 4.69) is 5.10 Å². The van der Waals surface area contributed by atoms with E-state index >= 15 is 0 Å². The standard InChI is InChI=1S/C11H13ClN2O/c1-3-14-10-8(11(12)13-14)6-5-7-9(10)15-4-2/h5-7H,3-4H2,1-2H3. The van der Waals surface area contributed by atoms with E-state index in [1.165, 1.54) is 0 Å². The highest BCUT2D eigenvalue weighted by molar-refractivity contribution is 6.34. The van der Waals surface area contributed by atoms with Crippen LogP contribution in [-0.2, 0) is 6.54 Å². The summed E-state index contributed by atoms with van der Waals surface area (Å²) in [5.41, 5.74) is 0.979. The van der Waals surface area contributed by atoms with Crippen LogP contribution in [0.4, 0.5) is 0 Å². The van der Waals surface area contributed by atoms with Crippen LogP contribution >= 0.6 is 11.6 Å². The first-order chi connectivity index (χ1) is 7.27. The fourth-order valence-electron chi connectivity index (χ4n) is 1.67. The average Bonchev–Trinajstić information content (AvgIpc) is 2.58. The van der Waals surface area contributed by atoms with Gasteiger partial charge in [0.2, 0.25) is 0 Å². The number of aromatic nitrogens is 2. The Bertz CT molecular complexity index is 479. The van der Waals surface area contributed by atoms with Crippen LogP contribution in [0.5, 0.6) is 5.75 Å². The number of rotatable bonds is 3. The lowest BCUT2D eigenvalue weighted by Crippen LogP contribution is -1.99. The highest BCUT2D eigenvalue weighted by atomic mass is 35.5. The third-order valence-corrected chi connectivity index (χ3v) is 2.57. The number of hydrogen-bond acceptors (Lipinski definition) is 2. The van der Waals surface area contributed by atoms with Crippen LogP contribution in [-0.4, -0.2) is 16.4 Å². The van der Waals surface area contributed by atoms with Gasteiger partial charge in [0.25, 0.3) is 0 Å². The molecule has 2 rings (SSSR count). The zero-order valence-electron chi connectivity index (χ0n) is 8.83. The van der Waals surface area contributed by atoms with Crippen molar-refractivity contribution in [3.8, 4) is 5.75 Å². The fraction of sp³-hybridized carbons (Fsp3) is 0.364. The van der Waals surface area contributed by atoms with Crippen LogP contribution in [0.25, 0.3) is 10.9 Å². The number of halogens is 1. The van der Waals surface area contributed by atoms with E-state index < -0.39 is 0 Å². The minimum atomic E-state index is 0.536. The molecule has 0 aliphatic heterocycles. The van der Waals surface area contributed by atoms with E-state index in [4.69, 9.17) is 16.3 Å². The Balaban J connectivity index is 2.70. The predicted molar refractivity (Wildman–Crippen MR) is 61.6 cm³/mol. The molecule has 0 saturated heterocycles. The summed E-state index contributed by atoms with van der Waals surface area (Å²) in [4.78, 5) is 0. The number of fused-ring (bicyclic) bond motifs is 1. The van der Waals surface area contributed by atoms with Crippen molar-refractivity contribution in [2.45, 2.75) is 20.4 Å². The van der Waals surface area contributed by atoms with Gasteiger partial charge in [0.1, 0.15) is 11.3 Å². The molecule has 0 amide bonds. The van der Waals surface area contributed by atoms with Gasteiger partial charge in [-0.1, -0.05) is 17.7 Å². The van der Waals surface area contributed by atoms with E-state index in [0.29, 0.717) is 11.8 Å². The zero-order valence-corrected chi connectivity index (χ0v) is 9.58. The summed E-state index contributed by atoms with van der Waals surface area (Å²) in [6.07, 6.45) is 0. The number of nitrogens with zero attached hydrogens (tertiary/aromatic N) is 2. The van der Waals surface area contributed by atoms with Gasteiger partial charge in [-0.25, -0.2) is 0 Å². The first kappa shape index (κ1) is 10.3. The Morgan fingerprint density at radius 2 is 2.20 bits per heavy atom. The molecule has 0 spiro atoms. The molecule has 1 aromatic heterocycles. The summed E-state index contributed by atoms with van der Waals surface area (Å²) in [5.74, 6) is 0.844. The molecule has 2 aromatic rings. The normalized spacial score (nSPS) is 10.9. The maximum Gasteiger partial charge on any atom is 0.159 e. The molecule has 0 bridgehead atoms. The zero-order chi connectivity index (χ0) is 10.8. The summed E-state index contributed by atoms with van der Waals surface area (Å²) in [5, 5.41) is 5.74. The van der Waals surface area contributed by atoms with Gasteiger partial charge < -0.3 is 4.74 Å². The van der Waals surface area contributed by atoms with Gasteiger partial charge in [-0.05, 0) is 26.0 Å². The third kappa shape index (κ3) is 1.67. The van der Waals surface area contributed by atoms with Gasteiger partial charge in [0.05, 0.1) is 6.61 Å². The maximum atomic E-state index is 6.04. The molecule has 3 nitrogen and oxygen atoms in total. The Morgan fingerprint density at radius 1 is 1.40 bits per heavy atom. The van der Waals surface area contributed by atoms with Crippen LogP contribution in [0.3, 0.4) is 0 Å². The van der Waals surface area contributed by atoms with E-state index in [9.17, 15) is 0 Å². The summed E-state index contributed by atoms with van der Waals surface area (Å²) in [6.45, 7) is 5.43. The number of benzene rings is 1. The van der Waals surface area contributed by atoms with Crippen LogP contribution in [0, 0.1) is 0 Å². The van der Waals surface area contributed by atoms with Crippen LogP contribution in [0.1, 0.15) is 13.8 Å². The maximum absolute atomic E-state index is 6.04. The van der Waals surface area contributed by atoms with Gasteiger partial charge in [-0.15, -0.1) is 0 Å². The molecule has 0 aliphatic carbocycles. The van der Waals surface area contributed by atoms with Crippen molar-refractivity contribution in [2.75, 3.05) is 6.61 Å². The Morgan fingerprint density at radius 3 is 2.87 bits per heavy atom. The number of ether oxygens (including phenoxy) is 1. The Kier molecular flexibility index (Phi) is 2.82. The molecule has 0 radical (unpaired) electrons. The molecule has 4 heteroatoms. The predicted octanol–water partition coefficient (Wildman–Crippen LogP) is 3.11. The Labute approximate surface area is 93.6 Å². The molecule has 0 unspecified atom stereocenters. The van der Waals surface area contributed by atoms with Crippen LogP contribution in [0.15, 0.2) is 18.2 Å².